The van der Waals surface area contributed by atoms with E-state index in [0.717, 1.165) is 12.5 Å². The van der Waals surface area contributed by atoms with Gasteiger partial charge in [-0.1, -0.05) is 26.3 Å². The monoisotopic (exact) mass is 155 g/mol. The molecule has 0 heterocycles. The van der Waals surface area contributed by atoms with E-state index >= 15 is 0 Å². The molecule has 2 unspecified atom stereocenters. The van der Waals surface area contributed by atoms with Gasteiger partial charge in [0.25, 0.3) is 0 Å². The molecule has 11 heavy (non-hydrogen) atoms. The predicted molar refractivity (Wildman–Crippen MR) is 51.7 cm³/mol. The maximum Gasteiger partial charge on any atom is 0.0219 e. The van der Waals surface area contributed by atoms with Gasteiger partial charge in [0.15, 0.2) is 0 Å². The van der Waals surface area contributed by atoms with Crippen LogP contribution < -0.4 is 5.32 Å². The topological polar surface area (TPSA) is 12.0 Å². The molecule has 0 bridgehead atoms. The van der Waals surface area contributed by atoms with E-state index in [1.807, 2.05) is 6.08 Å². The molecule has 0 saturated carbocycles. The first-order chi connectivity index (χ1) is 5.20. The molecule has 0 aliphatic rings. The normalized spacial score (nSPS) is 15.9. The van der Waals surface area contributed by atoms with Crippen molar-refractivity contribution in [1.82, 2.24) is 5.32 Å². The number of hydrogen-bond acceptors (Lipinski definition) is 1. The van der Waals surface area contributed by atoms with Crippen molar-refractivity contribution in [3.63, 3.8) is 0 Å². The van der Waals surface area contributed by atoms with Gasteiger partial charge in [0.05, 0.1) is 0 Å². The van der Waals surface area contributed by atoms with E-state index in [0.29, 0.717) is 6.04 Å². The van der Waals surface area contributed by atoms with E-state index in [-0.39, 0.29) is 0 Å². The summed E-state index contributed by atoms with van der Waals surface area (Å²) in [6, 6.07) is 0.457. The van der Waals surface area contributed by atoms with Crippen LogP contribution in [0.2, 0.25) is 0 Å². The largest absolute Gasteiger partial charge is 0.311 e. The lowest BCUT2D eigenvalue weighted by Crippen LogP contribution is -2.25. The highest BCUT2D eigenvalue weighted by Gasteiger charge is 1.98. The van der Waals surface area contributed by atoms with E-state index in [4.69, 9.17) is 0 Å². The van der Waals surface area contributed by atoms with Crippen LogP contribution in [-0.4, -0.2) is 12.6 Å². The first-order valence-electron chi connectivity index (χ1n) is 4.56. The van der Waals surface area contributed by atoms with Gasteiger partial charge in [0.2, 0.25) is 0 Å². The molecule has 0 aliphatic carbocycles. The lowest BCUT2D eigenvalue weighted by Gasteiger charge is -2.11. The van der Waals surface area contributed by atoms with Gasteiger partial charge in [-0.2, -0.15) is 0 Å². The molecule has 0 aliphatic heterocycles. The second kappa shape index (κ2) is 6.41. The van der Waals surface area contributed by atoms with Gasteiger partial charge in [0.1, 0.15) is 0 Å². The van der Waals surface area contributed by atoms with Crippen molar-refractivity contribution >= 4 is 0 Å². The van der Waals surface area contributed by atoms with Gasteiger partial charge in [0, 0.05) is 6.04 Å². The fourth-order valence-electron chi connectivity index (χ4n) is 0.845. The Morgan fingerprint density at radius 2 is 2.09 bits per heavy atom. The second-order valence-electron chi connectivity index (χ2n) is 3.28. The zero-order valence-corrected chi connectivity index (χ0v) is 8.06. The molecule has 0 rings (SSSR count). The molecular weight excluding hydrogens is 134 g/mol. The van der Waals surface area contributed by atoms with Crippen LogP contribution in [0.4, 0.5) is 0 Å². The second-order valence-corrected chi connectivity index (χ2v) is 3.28. The molecule has 0 amide bonds. The fraction of sp³-hybridized carbons (Fsp3) is 0.800. The maximum atomic E-state index is 3.72. The summed E-state index contributed by atoms with van der Waals surface area (Å²) in [6.45, 7) is 11.5. The first-order valence-corrected chi connectivity index (χ1v) is 4.56. The molecule has 0 aromatic heterocycles. The van der Waals surface area contributed by atoms with E-state index in [1.165, 1.54) is 12.8 Å². The molecule has 0 spiro atoms. The van der Waals surface area contributed by atoms with E-state index in [2.05, 4.69) is 32.7 Å². The van der Waals surface area contributed by atoms with Gasteiger partial charge < -0.3 is 5.32 Å². The fourth-order valence-corrected chi connectivity index (χ4v) is 0.845. The Morgan fingerprint density at radius 3 is 2.55 bits per heavy atom. The zero-order valence-electron chi connectivity index (χ0n) is 8.06. The third-order valence-corrected chi connectivity index (χ3v) is 2.15. The summed E-state index contributed by atoms with van der Waals surface area (Å²) in [5.74, 6) is 0.847. The smallest absolute Gasteiger partial charge is 0.0219 e. The number of hydrogen-bond donors (Lipinski definition) is 1. The minimum atomic E-state index is 0.457. The zero-order chi connectivity index (χ0) is 8.69. The molecule has 1 heteroatoms. The Bertz CT molecular complexity index is 99.0. The van der Waals surface area contributed by atoms with Crippen molar-refractivity contribution in [3.05, 3.63) is 12.7 Å². The van der Waals surface area contributed by atoms with E-state index < -0.39 is 0 Å². The molecule has 1 N–H and O–H groups in total. The Hall–Kier alpha value is -0.300. The summed E-state index contributed by atoms with van der Waals surface area (Å²) in [4.78, 5) is 0. The van der Waals surface area contributed by atoms with Gasteiger partial charge >= 0.3 is 0 Å². The van der Waals surface area contributed by atoms with Crippen molar-refractivity contribution in [3.8, 4) is 0 Å². The maximum absolute atomic E-state index is 3.72. The van der Waals surface area contributed by atoms with Crippen molar-refractivity contribution in [2.24, 2.45) is 5.92 Å². The minimum Gasteiger partial charge on any atom is -0.311 e. The Kier molecular flexibility index (Phi) is 6.24. The number of rotatable bonds is 6. The summed E-state index contributed by atoms with van der Waals surface area (Å²) < 4.78 is 0. The van der Waals surface area contributed by atoms with Gasteiger partial charge in [-0.05, 0) is 25.8 Å². The third kappa shape index (κ3) is 6.11. The highest BCUT2D eigenvalue weighted by Crippen LogP contribution is 2.04. The average molecular weight is 155 g/mol. The van der Waals surface area contributed by atoms with Crippen molar-refractivity contribution in [1.29, 1.82) is 0 Å². The number of nitrogens with one attached hydrogen (secondary N) is 1. The van der Waals surface area contributed by atoms with E-state index in [9.17, 15) is 0 Å². The highest BCUT2D eigenvalue weighted by molar-refractivity contribution is 4.80. The average Bonchev–Trinajstić information content (AvgIpc) is 2.04. The van der Waals surface area contributed by atoms with Gasteiger partial charge in [-0.15, -0.1) is 6.58 Å². The minimum absolute atomic E-state index is 0.457. The lowest BCUT2D eigenvalue weighted by molar-refractivity contribution is 0.478. The van der Waals surface area contributed by atoms with Crippen molar-refractivity contribution in [2.75, 3.05) is 6.54 Å². The van der Waals surface area contributed by atoms with Crippen LogP contribution in [0.1, 0.15) is 33.6 Å². The van der Waals surface area contributed by atoms with Gasteiger partial charge in [-0.25, -0.2) is 0 Å². The van der Waals surface area contributed by atoms with Crippen LogP contribution in [0.25, 0.3) is 0 Å². The first kappa shape index (κ1) is 10.7. The Labute approximate surface area is 70.9 Å². The van der Waals surface area contributed by atoms with Crippen LogP contribution >= 0.6 is 0 Å². The summed E-state index contributed by atoms with van der Waals surface area (Å²) in [5.41, 5.74) is 0. The predicted octanol–water partition coefficient (Wildman–Crippen LogP) is 2.59. The summed E-state index contributed by atoms with van der Waals surface area (Å²) in [6.07, 6.45) is 4.50. The molecule has 0 radical (unpaired) electrons. The van der Waals surface area contributed by atoms with Crippen LogP contribution in [-0.2, 0) is 0 Å². The molecule has 1 nitrogen and oxygen atoms in total. The lowest BCUT2D eigenvalue weighted by atomic mass is 10.1. The quantitative estimate of drug-likeness (QED) is 0.581. The molecule has 0 fully saturated rings. The Balaban J connectivity index is 3.19. The SMILES string of the molecule is C=CC(C)NCCC(C)CC. The van der Waals surface area contributed by atoms with Gasteiger partial charge in [-0.3, -0.25) is 0 Å². The van der Waals surface area contributed by atoms with Crippen molar-refractivity contribution in [2.45, 2.75) is 39.7 Å². The molecule has 66 valence electrons. The summed E-state index contributed by atoms with van der Waals surface area (Å²) in [5, 5.41) is 3.38. The molecule has 2 atom stereocenters. The van der Waals surface area contributed by atoms with Crippen LogP contribution in [0, 0.1) is 5.92 Å². The summed E-state index contributed by atoms with van der Waals surface area (Å²) in [7, 11) is 0. The van der Waals surface area contributed by atoms with Crippen molar-refractivity contribution < 1.29 is 0 Å². The third-order valence-electron chi connectivity index (χ3n) is 2.15. The van der Waals surface area contributed by atoms with E-state index in [1.54, 1.807) is 0 Å². The molecular formula is C10H21N. The van der Waals surface area contributed by atoms with Crippen LogP contribution in [0.3, 0.4) is 0 Å². The van der Waals surface area contributed by atoms with Crippen LogP contribution in [0.5, 0.6) is 0 Å². The Morgan fingerprint density at radius 1 is 1.45 bits per heavy atom. The molecule has 0 aromatic carbocycles. The van der Waals surface area contributed by atoms with Crippen LogP contribution in [0.15, 0.2) is 12.7 Å². The molecule has 0 saturated heterocycles. The highest BCUT2D eigenvalue weighted by atomic mass is 14.9. The molecule has 0 aromatic rings. The standard InChI is InChI=1S/C10H21N/c1-5-9(3)7-8-11-10(4)6-2/h6,9-11H,2,5,7-8H2,1,3-4H3. The summed E-state index contributed by atoms with van der Waals surface area (Å²) >= 11 is 0.